The minimum atomic E-state index is -0.526. The SMILES string of the molecule is O=C(Nc1ccccc1F)c1ccnc(Nc2ccc(Cl)cc2)n1. The summed E-state index contributed by atoms with van der Waals surface area (Å²) in [4.78, 5) is 20.4. The smallest absolute Gasteiger partial charge is 0.274 e. The van der Waals surface area contributed by atoms with E-state index in [0.717, 1.165) is 5.69 Å². The Bertz CT molecular complexity index is 870. The Balaban J connectivity index is 1.76. The molecule has 0 saturated heterocycles. The largest absolute Gasteiger partial charge is 0.324 e. The van der Waals surface area contributed by atoms with Gasteiger partial charge >= 0.3 is 0 Å². The van der Waals surface area contributed by atoms with Gasteiger partial charge in [-0.15, -0.1) is 0 Å². The molecule has 120 valence electrons. The zero-order valence-corrected chi connectivity index (χ0v) is 13.1. The first-order valence-electron chi connectivity index (χ1n) is 7.03. The molecule has 0 aliphatic carbocycles. The third kappa shape index (κ3) is 3.85. The van der Waals surface area contributed by atoms with Crippen LogP contribution in [-0.2, 0) is 0 Å². The van der Waals surface area contributed by atoms with E-state index >= 15 is 0 Å². The lowest BCUT2D eigenvalue weighted by molar-refractivity contribution is 0.102. The van der Waals surface area contributed by atoms with Crippen LogP contribution in [0.3, 0.4) is 0 Å². The number of aromatic nitrogens is 2. The monoisotopic (exact) mass is 342 g/mol. The maximum atomic E-state index is 13.6. The molecule has 1 aromatic heterocycles. The molecule has 0 fully saturated rings. The number of carbonyl (C=O) groups is 1. The number of carbonyl (C=O) groups excluding carboxylic acids is 1. The van der Waals surface area contributed by atoms with E-state index < -0.39 is 11.7 Å². The quantitative estimate of drug-likeness (QED) is 0.743. The maximum absolute atomic E-state index is 13.6. The fraction of sp³-hybridized carbons (Fsp3) is 0. The van der Waals surface area contributed by atoms with Gasteiger partial charge in [-0.05, 0) is 42.5 Å². The summed E-state index contributed by atoms with van der Waals surface area (Å²) in [7, 11) is 0. The lowest BCUT2D eigenvalue weighted by Crippen LogP contribution is -2.15. The Kier molecular flexibility index (Phi) is 4.67. The predicted octanol–water partition coefficient (Wildman–Crippen LogP) is 4.27. The topological polar surface area (TPSA) is 66.9 Å². The van der Waals surface area contributed by atoms with E-state index in [1.54, 1.807) is 36.4 Å². The Labute approximate surface area is 142 Å². The summed E-state index contributed by atoms with van der Waals surface area (Å²) in [5, 5.41) is 6.05. The molecule has 5 nitrogen and oxygen atoms in total. The van der Waals surface area contributed by atoms with Gasteiger partial charge in [-0.1, -0.05) is 23.7 Å². The van der Waals surface area contributed by atoms with E-state index in [1.807, 2.05) is 0 Å². The molecule has 1 heterocycles. The second-order valence-electron chi connectivity index (χ2n) is 4.83. The number of benzene rings is 2. The average Bonchev–Trinajstić information content (AvgIpc) is 2.59. The molecule has 3 aromatic rings. The highest BCUT2D eigenvalue weighted by Crippen LogP contribution is 2.17. The normalized spacial score (nSPS) is 10.2. The van der Waals surface area contributed by atoms with Crippen LogP contribution in [0, 0.1) is 5.82 Å². The summed E-state index contributed by atoms with van der Waals surface area (Å²) < 4.78 is 13.6. The fourth-order valence-corrected chi connectivity index (χ4v) is 2.08. The van der Waals surface area contributed by atoms with Gasteiger partial charge in [0.05, 0.1) is 5.69 Å². The molecule has 0 aliphatic rings. The second kappa shape index (κ2) is 7.06. The molecule has 0 radical (unpaired) electrons. The molecule has 3 rings (SSSR count). The summed E-state index contributed by atoms with van der Waals surface area (Å²) >= 11 is 5.83. The molecule has 2 N–H and O–H groups in total. The van der Waals surface area contributed by atoms with Gasteiger partial charge in [0.25, 0.3) is 5.91 Å². The van der Waals surface area contributed by atoms with Crippen LogP contribution in [0.4, 0.5) is 21.7 Å². The fourth-order valence-electron chi connectivity index (χ4n) is 1.96. The summed E-state index contributed by atoms with van der Waals surface area (Å²) in [6.45, 7) is 0. The summed E-state index contributed by atoms with van der Waals surface area (Å²) in [6, 6.07) is 14.3. The maximum Gasteiger partial charge on any atom is 0.274 e. The molecule has 0 atom stereocenters. The van der Waals surface area contributed by atoms with E-state index in [2.05, 4.69) is 20.6 Å². The molecule has 2 aromatic carbocycles. The van der Waals surface area contributed by atoms with Gasteiger partial charge in [-0.25, -0.2) is 14.4 Å². The van der Waals surface area contributed by atoms with Crippen LogP contribution < -0.4 is 10.6 Å². The van der Waals surface area contributed by atoms with Crippen LogP contribution in [0.2, 0.25) is 5.02 Å². The van der Waals surface area contributed by atoms with E-state index in [4.69, 9.17) is 11.6 Å². The summed E-state index contributed by atoms with van der Waals surface area (Å²) in [5.74, 6) is -0.792. The molecule has 0 spiro atoms. The van der Waals surface area contributed by atoms with Crippen LogP contribution in [-0.4, -0.2) is 15.9 Å². The van der Waals surface area contributed by atoms with Crippen LogP contribution in [0.15, 0.2) is 60.8 Å². The number of nitrogens with zero attached hydrogens (tertiary/aromatic N) is 2. The van der Waals surface area contributed by atoms with Gasteiger partial charge in [0, 0.05) is 16.9 Å². The third-order valence-corrected chi connectivity index (χ3v) is 3.36. The number of anilines is 3. The van der Waals surface area contributed by atoms with E-state index in [9.17, 15) is 9.18 Å². The Morgan fingerprint density at radius 3 is 2.54 bits per heavy atom. The van der Waals surface area contributed by atoms with Crippen LogP contribution in [0.5, 0.6) is 0 Å². The third-order valence-electron chi connectivity index (χ3n) is 3.11. The zero-order valence-electron chi connectivity index (χ0n) is 12.3. The van der Waals surface area contributed by atoms with Crippen molar-refractivity contribution in [3.63, 3.8) is 0 Å². The minimum absolute atomic E-state index is 0.0910. The number of hydrogen-bond donors (Lipinski definition) is 2. The molecule has 0 unspecified atom stereocenters. The van der Waals surface area contributed by atoms with Gasteiger partial charge in [0.1, 0.15) is 11.5 Å². The van der Waals surface area contributed by atoms with Gasteiger partial charge in [-0.2, -0.15) is 0 Å². The van der Waals surface area contributed by atoms with Crippen LogP contribution >= 0.6 is 11.6 Å². The average molecular weight is 343 g/mol. The standard InChI is InChI=1S/C17H12ClFN4O/c18-11-5-7-12(8-6-11)21-17-20-10-9-15(23-17)16(24)22-14-4-2-1-3-13(14)19/h1-10H,(H,22,24)(H,20,21,23). The molecule has 0 aliphatic heterocycles. The molecular weight excluding hydrogens is 331 g/mol. The lowest BCUT2D eigenvalue weighted by Gasteiger charge is -2.08. The first kappa shape index (κ1) is 15.9. The highest BCUT2D eigenvalue weighted by atomic mass is 35.5. The van der Waals surface area contributed by atoms with E-state index in [0.29, 0.717) is 5.02 Å². The van der Waals surface area contributed by atoms with Gasteiger partial charge in [0.15, 0.2) is 0 Å². The van der Waals surface area contributed by atoms with Crippen molar-refractivity contribution in [1.29, 1.82) is 0 Å². The number of rotatable bonds is 4. The van der Waals surface area contributed by atoms with Gasteiger partial charge < -0.3 is 10.6 Å². The summed E-state index contributed by atoms with van der Waals surface area (Å²) in [5.41, 5.74) is 0.934. The zero-order chi connectivity index (χ0) is 16.9. The highest BCUT2D eigenvalue weighted by molar-refractivity contribution is 6.30. The van der Waals surface area contributed by atoms with Crippen LogP contribution in [0.1, 0.15) is 10.5 Å². The number of hydrogen-bond acceptors (Lipinski definition) is 4. The Morgan fingerprint density at radius 1 is 1.04 bits per heavy atom. The highest BCUT2D eigenvalue weighted by Gasteiger charge is 2.11. The number of nitrogens with one attached hydrogen (secondary N) is 2. The van der Waals surface area contributed by atoms with Crippen molar-refractivity contribution < 1.29 is 9.18 Å². The molecular formula is C17H12ClFN4O. The number of halogens is 2. The number of amides is 1. The summed E-state index contributed by atoms with van der Waals surface area (Å²) in [6.07, 6.45) is 1.45. The second-order valence-corrected chi connectivity index (χ2v) is 5.27. The van der Waals surface area contributed by atoms with Crippen molar-refractivity contribution in [2.75, 3.05) is 10.6 Å². The van der Waals surface area contributed by atoms with Gasteiger partial charge in [-0.3, -0.25) is 4.79 Å². The van der Waals surface area contributed by atoms with Crippen molar-refractivity contribution in [2.24, 2.45) is 0 Å². The Morgan fingerprint density at radius 2 is 1.79 bits per heavy atom. The molecule has 1 amide bonds. The molecule has 24 heavy (non-hydrogen) atoms. The molecule has 0 saturated carbocycles. The number of para-hydroxylation sites is 1. The van der Waals surface area contributed by atoms with Crippen molar-refractivity contribution >= 4 is 34.8 Å². The molecule has 7 heteroatoms. The van der Waals surface area contributed by atoms with Crippen LogP contribution in [0.25, 0.3) is 0 Å². The first-order valence-corrected chi connectivity index (χ1v) is 7.41. The Hall–Kier alpha value is -2.99. The van der Waals surface area contributed by atoms with Gasteiger partial charge in [0.2, 0.25) is 5.95 Å². The first-order chi connectivity index (χ1) is 11.6. The van der Waals surface area contributed by atoms with Crippen molar-refractivity contribution in [3.05, 3.63) is 77.3 Å². The lowest BCUT2D eigenvalue weighted by atomic mass is 10.3. The van der Waals surface area contributed by atoms with Crippen molar-refractivity contribution in [3.8, 4) is 0 Å². The van der Waals surface area contributed by atoms with Crippen molar-refractivity contribution in [1.82, 2.24) is 9.97 Å². The predicted molar refractivity (Wildman–Crippen MR) is 91.1 cm³/mol. The molecule has 0 bridgehead atoms. The van der Waals surface area contributed by atoms with E-state index in [1.165, 1.54) is 24.4 Å². The van der Waals surface area contributed by atoms with E-state index in [-0.39, 0.29) is 17.3 Å². The van der Waals surface area contributed by atoms with Crippen molar-refractivity contribution in [2.45, 2.75) is 0 Å². The minimum Gasteiger partial charge on any atom is -0.324 e.